The van der Waals surface area contributed by atoms with Crippen LogP contribution < -0.4 is 5.32 Å². The maximum absolute atomic E-state index is 13.1. The Balaban J connectivity index is 1.05. The molecule has 22 atom stereocenters. The summed E-state index contributed by atoms with van der Waals surface area (Å²) in [5, 5.41) is 82.0. The Hall–Kier alpha value is -3.54. The molecule has 2 aromatic rings. The smallest absolute Gasteiger partial charge is 0.217 e. The highest BCUT2D eigenvalue weighted by Crippen LogP contribution is 2.43. The number of nitrogens with zero attached hydrogens (tertiary/aromatic N) is 3. The van der Waals surface area contributed by atoms with E-state index in [9.17, 15) is 40.5 Å². The monoisotopic (exact) mass is 992 g/mol. The SMILES string of the molecule is CC(=O)NC1C(OC2C(O)C(OC3C(C)C(OCCCCCN=[N+]=[N-])OC4COC(c5ccccc5)OC43)OC2[C@H](O)CO)OC2COC(c3ccccc3)OC2C1O[C@@H]1O[C@@H]([C@H](O)CO)[C@@H](O)C1O. The van der Waals surface area contributed by atoms with Gasteiger partial charge in [-0.2, -0.15) is 0 Å². The lowest BCUT2D eigenvalue weighted by molar-refractivity contribution is -0.371. The van der Waals surface area contributed by atoms with Crippen molar-refractivity contribution in [2.75, 3.05) is 39.6 Å². The Bertz CT molecular complexity index is 2000. The van der Waals surface area contributed by atoms with Crippen molar-refractivity contribution in [2.24, 2.45) is 11.0 Å². The first-order chi connectivity index (χ1) is 33.9. The molecule has 6 saturated heterocycles. The lowest BCUT2D eigenvalue weighted by atomic mass is 9.91. The molecule has 0 aliphatic carbocycles. The average molecular weight is 993 g/mol. The Labute approximate surface area is 403 Å². The van der Waals surface area contributed by atoms with Crippen LogP contribution in [0.15, 0.2) is 65.8 Å². The number of fused-ring (bicyclic) bond motifs is 2. The number of amides is 1. The number of aliphatic hydroxyl groups is 7. The maximum atomic E-state index is 13.1. The minimum absolute atomic E-state index is 0.0908. The summed E-state index contributed by atoms with van der Waals surface area (Å²) in [6, 6.07) is 16.8. The zero-order valence-electron chi connectivity index (χ0n) is 38.6. The van der Waals surface area contributed by atoms with E-state index in [1.807, 2.05) is 43.3 Å². The summed E-state index contributed by atoms with van der Waals surface area (Å²) in [6.07, 6.45) is -24.1. The van der Waals surface area contributed by atoms with Gasteiger partial charge >= 0.3 is 0 Å². The van der Waals surface area contributed by atoms with Crippen LogP contribution >= 0.6 is 0 Å². The molecule has 24 nitrogen and oxygen atoms in total. The number of carbonyl (C=O) groups excluding carboxylic acids is 1. The Morgan fingerprint density at radius 1 is 0.700 bits per heavy atom. The number of benzene rings is 2. The van der Waals surface area contributed by atoms with E-state index in [4.69, 9.17) is 62.4 Å². The molecule has 70 heavy (non-hydrogen) atoms. The number of aliphatic hydroxyl groups excluding tert-OH is 7. The molecule has 2 aromatic carbocycles. The van der Waals surface area contributed by atoms with Gasteiger partial charge in [0.1, 0.15) is 85.4 Å². The van der Waals surface area contributed by atoms with Gasteiger partial charge in [-0.05, 0) is 18.4 Å². The molecule has 0 saturated carbocycles. The van der Waals surface area contributed by atoms with Crippen LogP contribution in [0.4, 0.5) is 0 Å². The van der Waals surface area contributed by atoms with Gasteiger partial charge in [-0.3, -0.25) is 4.79 Å². The molecule has 0 bridgehead atoms. The van der Waals surface area contributed by atoms with Crippen molar-refractivity contribution < 1.29 is 97.4 Å². The fourth-order valence-corrected chi connectivity index (χ4v) is 9.62. The molecular formula is C46H64N4O20. The second kappa shape index (κ2) is 24.5. The van der Waals surface area contributed by atoms with Gasteiger partial charge in [0.25, 0.3) is 0 Å². The van der Waals surface area contributed by atoms with Gasteiger partial charge in [-0.25, -0.2) is 0 Å². The van der Waals surface area contributed by atoms with Gasteiger partial charge in [0.15, 0.2) is 37.7 Å². The Kier molecular flexibility index (Phi) is 18.4. The van der Waals surface area contributed by atoms with Gasteiger partial charge in [0.2, 0.25) is 5.91 Å². The van der Waals surface area contributed by atoms with Gasteiger partial charge in [-0.1, -0.05) is 79.1 Å². The van der Waals surface area contributed by atoms with Crippen molar-refractivity contribution >= 4 is 5.91 Å². The van der Waals surface area contributed by atoms with E-state index < -0.39 is 154 Å². The molecule has 6 fully saturated rings. The predicted octanol–water partition coefficient (Wildman–Crippen LogP) is -0.303. The van der Waals surface area contributed by atoms with Gasteiger partial charge in [0.05, 0.1) is 32.5 Å². The maximum Gasteiger partial charge on any atom is 0.217 e. The molecular weight excluding hydrogens is 929 g/mol. The van der Waals surface area contributed by atoms with E-state index >= 15 is 0 Å². The van der Waals surface area contributed by atoms with E-state index in [-0.39, 0.29) is 13.2 Å². The van der Waals surface area contributed by atoms with E-state index in [1.165, 1.54) is 6.92 Å². The summed E-state index contributed by atoms with van der Waals surface area (Å²) in [4.78, 5) is 15.8. The molecule has 0 spiro atoms. The first kappa shape index (κ1) is 52.8. The molecule has 24 heteroatoms. The minimum Gasteiger partial charge on any atom is -0.394 e. The van der Waals surface area contributed by atoms with Gasteiger partial charge < -0.3 is 97.9 Å². The third-order valence-electron chi connectivity index (χ3n) is 13.2. The molecule has 8 N–H and O–H groups in total. The number of unbranched alkanes of at least 4 members (excludes halogenated alkanes) is 2. The summed E-state index contributed by atoms with van der Waals surface area (Å²) in [5.41, 5.74) is 9.98. The molecule has 0 aromatic heterocycles. The summed E-state index contributed by atoms with van der Waals surface area (Å²) in [6.45, 7) is 2.04. The van der Waals surface area contributed by atoms with Gasteiger partial charge in [0, 0.05) is 42.0 Å². The van der Waals surface area contributed by atoms with Crippen LogP contribution in [-0.2, 0) is 61.6 Å². The molecule has 388 valence electrons. The van der Waals surface area contributed by atoms with Crippen LogP contribution in [0.3, 0.4) is 0 Å². The van der Waals surface area contributed by atoms with Crippen LogP contribution in [0, 0.1) is 5.92 Å². The van der Waals surface area contributed by atoms with Crippen molar-refractivity contribution in [1.82, 2.24) is 5.32 Å². The van der Waals surface area contributed by atoms with E-state index in [1.54, 1.807) is 24.3 Å². The first-order valence-corrected chi connectivity index (χ1v) is 23.6. The van der Waals surface area contributed by atoms with E-state index in [0.717, 1.165) is 12.0 Å². The lowest BCUT2D eigenvalue weighted by Gasteiger charge is -2.50. The van der Waals surface area contributed by atoms with Crippen LogP contribution in [0.5, 0.6) is 0 Å². The van der Waals surface area contributed by atoms with Crippen molar-refractivity contribution in [2.45, 2.75) is 162 Å². The summed E-state index contributed by atoms with van der Waals surface area (Å²) < 4.78 is 75.8. The molecule has 1 amide bonds. The number of azide groups is 1. The van der Waals surface area contributed by atoms with E-state index in [0.29, 0.717) is 31.6 Å². The molecule has 6 heterocycles. The summed E-state index contributed by atoms with van der Waals surface area (Å²) >= 11 is 0. The molecule has 8 rings (SSSR count). The fraction of sp³-hybridized carbons (Fsp3) is 0.717. The highest BCUT2D eigenvalue weighted by molar-refractivity contribution is 5.73. The normalized spacial score (nSPS) is 40.4. The lowest BCUT2D eigenvalue weighted by Crippen LogP contribution is -2.69. The average Bonchev–Trinajstić information content (AvgIpc) is 3.84. The standard InChI is InChI=1S/C46H64N4O20/c1-22-34(37-28(20-60-42(67-37)24-12-6-3-7-13-24)62-41(22)59-17-11-5-10-16-48-50-47)64-46-33(58)40(36(66-46)27(55)19-52)70-44-30(49-23(2)53)39(69-45-32(57)31(56)35(65-45)26(54)18-51)38-29(63-44)21-61-43(68-38)25-14-8-4-9-15-25/h3-4,6-9,12-15,22,26-46,51-52,54-58H,5,10-11,16-21H2,1-2H3,(H,49,53)/t22?,26-,27-,28?,29?,30?,31+,32?,33?,34?,35+,36?,37?,38?,39?,40?,41?,42?,43?,44?,45+,46?/m1/s1. The third-order valence-corrected chi connectivity index (χ3v) is 13.2. The van der Waals surface area contributed by atoms with Crippen molar-refractivity contribution in [3.63, 3.8) is 0 Å². The number of carbonyl (C=O) groups is 1. The highest BCUT2D eigenvalue weighted by atomic mass is 16.8. The summed E-state index contributed by atoms with van der Waals surface area (Å²) in [7, 11) is 0. The predicted molar refractivity (Wildman–Crippen MR) is 234 cm³/mol. The first-order valence-electron chi connectivity index (χ1n) is 23.6. The second-order valence-corrected chi connectivity index (χ2v) is 18.1. The van der Waals surface area contributed by atoms with Crippen LogP contribution in [-0.4, -0.2) is 198 Å². The number of hydrogen-bond donors (Lipinski definition) is 8. The van der Waals surface area contributed by atoms with Gasteiger partial charge in [-0.15, -0.1) is 0 Å². The number of rotatable bonds is 20. The number of hydrogen-bond acceptors (Lipinski definition) is 21. The van der Waals surface area contributed by atoms with Crippen molar-refractivity contribution in [1.29, 1.82) is 0 Å². The van der Waals surface area contributed by atoms with Crippen LogP contribution in [0.2, 0.25) is 0 Å². The Morgan fingerprint density at radius 3 is 1.84 bits per heavy atom. The van der Waals surface area contributed by atoms with Crippen molar-refractivity contribution in [3.05, 3.63) is 82.2 Å². The van der Waals surface area contributed by atoms with Crippen LogP contribution in [0.1, 0.15) is 56.8 Å². The number of ether oxygens (including phenoxy) is 12. The fourth-order valence-electron chi connectivity index (χ4n) is 9.62. The zero-order valence-corrected chi connectivity index (χ0v) is 38.6. The number of nitrogens with one attached hydrogen (secondary N) is 1. The molecule has 6 aliphatic rings. The van der Waals surface area contributed by atoms with E-state index in [2.05, 4.69) is 15.3 Å². The zero-order chi connectivity index (χ0) is 49.5. The second-order valence-electron chi connectivity index (χ2n) is 18.1. The molecule has 17 unspecified atom stereocenters. The largest absolute Gasteiger partial charge is 0.394 e. The van der Waals surface area contributed by atoms with Crippen LogP contribution in [0.25, 0.3) is 10.4 Å². The molecule has 6 aliphatic heterocycles. The van der Waals surface area contributed by atoms with Crippen molar-refractivity contribution in [3.8, 4) is 0 Å². The highest BCUT2D eigenvalue weighted by Gasteiger charge is 2.59. The quantitative estimate of drug-likeness (QED) is 0.0365. The minimum atomic E-state index is -1.75. The molecule has 0 radical (unpaired) electrons. The summed E-state index contributed by atoms with van der Waals surface area (Å²) in [5.74, 6) is -1.16. The third kappa shape index (κ3) is 11.9. The topological polar surface area (TPSA) is 330 Å². The Morgan fingerprint density at radius 2 is 1.24 bits per heavy atom.